The van der Waals surface area contributed by atoms with Gasteiger partial charge in [-0.05, 0) is 61.4 Å². The van der Waals surface area contributed by atoms with Crippen LogP contribution < -0.4 is 9.47 Å². The largest absolute Gasteiger partial charge is 0.573 e. The predicted octanol–water partition coefficient (Wildman–Crippen LogP) is 4.85. The summed E-state index contributed by atoms with van der Waals surface area (Å²) in [6.07, 6.45) is -3.58. The van der Waals surface area contributed by atoms with Gasteiger partial charge in [0.25, 0.3) is 0 Å². The lowest BCUT2D eigenvalue weighted by Gasteiger charge is -2.14. The molecule has 3 rings (SSSR count). The van der Waals surface area contributed by atoms with E-state index in [1.165, 1.54) is 41.8 Å². The van der Waals surface area contributed by atoms with Crippen molar-refractivity contribution in [2.24, 2.45) is 0 Å². The lowest BCUT2D eigenvalue weighted by atomic mass is 10.1. The number of alkyl halides is 3. The van der Waals surface area contributed by atoms with Crippen LogP contribution in [0.2, 0.25) is 0 Å². The summed E-state index contributed by atoms with van der Waals surface area (Å²) in [5.74, 6) is 0.277. The van der Waals surface area contributed by atoms with E-state index in [0.717, 1.165) is 17.7 Å². The highest BCUT2D eigenvalue weighted by Crippen LogP contribution is 2.28. The molecule has 0 atom stereocenters. The second kappa shape index (κ2) is 8.24. The summed E-state index contributed by atoms with van der Waals surface area (Å²) >= 11 is 0. The summed E-state index contributed by atoms with van der Waals surface area (Å²) < 4.78 is 75.9. The molecule has 0 amide bonds. The summed E-state index contributed by atoms with van der Waals surface area (Å²) in [4.78, 5) is 0.132. The molecule has 0 aliphatic carbocycles. The number of hydrogen-bond acceptors (Lipinski definition) is 5. The van der Waals surface area contributed by atoms with E-state index in [1.54, 1.807) is 0 Å². The van der Waals surface area contributed by atoms with Gasteiger partial charge in [0.15, 0.2) is 9.84 Å². The molecule has 2 aromatic carbocycles. The van der Waals surface area contributed by atoms with E-state index < -0.39 is 16.2 Å². The topological polar surface area (TPSA) is 61.8 Å². The molecule has 0 aromatic heterocycles. The van der Waals surface area contributed by atoms with Crippen LogP contribution in [0.5, 0.6) is 17.2 Å². The van der Waals surface area contributed by atoms with Crippen LogP contribution >= 0.6 is 0 Å². The van der Waals surface area contributed by atoms with Crippen molar-refractivity contribution in [2.75, 3.05) is 13.2 Å². The molecule has 1 heterocycles. The van der Waals surface area contributed by atoms with E-state index >= 15 is 0 Å². The number of rotatable bonds is 5. The first-order valence-corrected chi connectivity index (χ1v) is 9.92. The van der Waals surface area contributed by atoms with Crippen LogP contribution in [0.3, 0.4) is 0 Å². The molecule has 0 unspecified atom stereocenters. The molecule has 0 saturated carbocycles. The van der Waals surface area contributed by atoms with Gasteiger partial charge in [-0.2, -0.15) is 0 Å². The van der Waals surface area contributed by atoms with Crippen molar-refractivity contribution in [2.45, 2.75) is 24.1 Å². The number of ether oxygens (including phenoxy) is 3. The molecule has 5 nitrogen and oxygen atoms in total. The van der Waals surface area contributed by atoms with Crippen LogP contribution in [0.4, 0.5) is 13.2 Å². The molecule has 0 radical (unpaired) electrons. The van der Waals surface area contributed by atoms with Gasteiger partial charge in [-0.15, -0.1) is 13.2 Å². The zero-order valence-electron chi connectivity index (χ0n) is 14.6. The lowest BCUT2D eigenvalue weighted by Crippen LogP contribution is -2.16. The molecule has 9 heteroatoms. The first kappa shape index (κ1) is 20.2. The van der Waals surface area contributed by atoms with Crippen LogP contribution in [-0.4, -0.2) is 28.0 Å². The summed E-state index contributed by atoms with van der Waals surface area (Å²) in [5, 5.41) is 1.28. The molecule has 150 valence electrons. The number of sulfone groups is 1. The minimum absolute atomic E-state index is 0.132. The lowest BCUT2D eigenvalue weighted by molar-refractivity contribution is -0.274. The van der Waals surface area contributed by atoms with Gasteiger partial charge in [-0.1, -0.05) is 5.57 Å². The van der Waals surface area contributed by atoms with Crippen molar-refractivity contribution < 1.29 is 35.8 Å². The molecule has 1 aliphatic rings. The number of benzene rings is 2. The maximum atomic E-state index is 12.5. The Hall–Kier alpha value is -2.52. The van der Waals surface area contributed by atoms with Crippen molar-refractivity contribution in [3.8, 4) is 17.2 Å². The molecule has 1 aliphatic heterocycles. The van der Waals surface area contributed by atoms with E-state index in [0.29, 0.717) is 31.8 Å². The van der Waals surface area contributed by atoms with Gasteiger partial charge in [0.1, 0.15) is 17.2 Å². The third-order valence-electron chi connectivity index (χ3n) is 3.90. The Kier molecular flexibility index (Phi) is 5.95. The fourth-order valence-corrected chi connectivity index (χ4v) is 3.91. The standard InChI is InChI=1S/C19H17F3O5S/c20-19(21,22)27-17-3-1-15(2-4-17)26-16-5-7-18(8-6-16)28(23,24)13-14-9-11-25-12-10-14/h1-8,13H,9-12H2. The van der Waals surface area contributed by atoms with Gasteiger partial charge in [-0.25, -0.2) is 8.42 Å². The van der Waals surface area contributed by atoms with Crippen LogP contribution in [0.1, 0.15) is 12.8 Å². The minimum atomic E-state index is -4.76. The Bertz CT molecular complexity index is 925. The van der Waals surface area contributed by atoms with Gasteiger partial charge in [0.05, 0.1) is 18.1 Å². The Balaban J connectivity index is 1.67. The average molecular weight is 414 g/mol. The number of halogens is 3. The highest BCUT2D eigenvalue weighted by atomic mass is 32.2. The van der Waals surface area contributed by atoms with E-state index in [2.05, 4.69) is 4.74 Å². The minimum Gasteiger partial charge on any atom is -0.457 e. The fraction of sp³-hybridized carbons (Fsp3) is 0.263. The van der Waals surface area contributed by atoms with Gasteiger partial charge in [0.2, 0.25) is 0 Å². The van der Waals surface area contributed by atoms with Crippen molar-refractivity contribution in [3.05, 3.63) is 59.5 Å². The van der Waals surface area contributed by atoms with Crippen LogP contribution in [0, 0.1) is 0 Å². The Morgan fingerprint density at radius 3 is 1.89 bits per heavy atom. The molecule has 2 aromatic rings. The summed E-state index contributed by atoms with van der Waals surface area (Å²) in [6, 6.07) is 10.7. The summed E-state index contributed by atoms with van der Waals surface area (Å²) in [5.41, 5.74) is 0.827. The van der Waals surface area contributed by atoms with Crippen molar-refractivity contribution in [1.82, 2.24) is 0 Å². The quantitative estimate of drug-likeness (QED) is 0.700. The average Bonchev–Trinajstić information content (AvgIpc) is 2.63. The first-order chi connectivity index (χ1) is 13.2. The smallest absolute Gasteiger partial charge is 0.457 e. The van der Waals surface area contributed by atoms with E-state index in [9.17, 15) is 21.6 Å². The SMILES string of the molecule is O=S(=O)(C=C1CCOCC1)c1ccc(Oc2ccc(OC(F)(F)F)cc2)cc1. The van der Waals surface area contributed by atoms with E-state index in [4.69, 9.17) is 9.47 Å². The maximum absolute atomic E-state index is 12.5. The van der Waals surface area contributed by atoms with Crippen LogP contribution in [-0.2, 0) is 14.6 Å². The van der Waals surface area contributed by atoms with E-state index in [1.807, 2.05) is 0 Å². The zero-order chi connectivity index (χ0) is 20.2. The second-order valence-electron chi connectivity index (χ2n) is 6.03. The third-order valence-corrected chi connectivity index (χ3v) is 5.47. The van der Waals surface area contributed by atoms with Crippen molar-refractivity contribution in [1.29, 1.82) is 0 Å². The predicted molar refractivity (Wildman–Crippen MR) is 95.0 cm³/mol. The monoisotopic (exact) mass is 414 g/mol. The molecular formula is C19H17F3O5S. The van der Waals surface area contributed by atoms with Crippen LogP contribution in [0.15, 0.2) is 64.4 Å². The fourth-order valence-electron chi connectivity index (χ4n) is 2.58. The molecule has 0 bridgehead atoms. The molecule has 1 fully saturated rings. The van der Waals surface area contributed by atoms with Crippen molar-refractivity contribution >= 4 is 9.84 Å². The Labute approximate surface area is 160 Å². The normalized spacial score (nSPS) is 15.2. The Morgan fingerprint density at radius 2 is 1.36 bits per heavy atom. The first-order valence-electron chi connectivity index (χ1n) is 8.37. The van der Waals surface area contributed by atoms with E-state index in [-0.39, 0.29) is 16.4 Å². The van der Waals surface area contributed by atoms with Crippen LogP contribution in [0.25, 0.3) is 0 Å². The maximum Gasteiger partial charge on any atom is 0.573 e. The molecular weight excluding hydrogens is 397 g/mol. The zero-order valence-corrected chi connectivity index (χ0v) is 15.4. The molecule has 28 heavy (non-hydrogen) atoms. The number of hydrogen-bond donors (Lipinski definition) is 0. The molecule has 0 spiro atoms. The third kappa shape index (κ3) is 5.74. The van der Waals surface area contributed by atoms with Crippen molar-refractivity contribution in [3.63, 3.8) is 0 Å². The van der Waals surface area contributed by atoms with Gasteiger partial charge >= 0.3 is 6.36 Å². The van der Waals surface area contributed by atoms with Gasteiger partial charge in [0, 0.05) is 5.41 Å². The van der Waals surface area contributed by atoms with Gasteiger partial charge in [-0.3, -0.25) is 0 Å². The Morgan fingerprint density at radius 1 is 0.857 bits per heavy atom. The molecule has 0 N–H and O–H groups in total. The highest BCUT2D eigenvalue weighted by molar-refractivity contribution is 7.94. The summed E-state index contributed by atoms with van der Waals surface area (Å²) in [7, 11) is -3.57. The second-order valence-corrected chi connectivity index (χ2v) is 7.82. The highest BCUT2D eigenvalue weighted by Gasteiger charge is 2.31. The summed E-state index contributed by atoms with van der Waals surface area (Å²) in [6.45, 7) is 1.03. The van der Waals surface area contributed by atoms with Gasteiger partial charge < -0.3 is 14.2 Å². The molecule has 1 saturated heterocycles.